The van der Waals surface area contributed by atoms with Gasteiger partial charge in [-0.1, -0.05) is 23.7 Å². The molecule has 0 aliphatic heterocycles. The van der Waals surface area contributed by atoms with Gasteiger partial charge in [-0.2, -0.15) is 0 Å². The average molecular weight is 375 g/mol. The highest BCUT2D eigenvalue weighted by molar-refractivity contribution is 9.10. The molecule has 0 heterocycles. The van der Waals surface area contributed by atoms with E-state index in [1.807, 2.05) is 25.2 Å². The number of rotatable bonds is 5. The number of nitrogens with one attached hydrogen (secondary N) is 1. The van der Waals surface area contributed by atoms with Gasteiger partial charge in [-0.25, -0.2) is 4.39 Å². The Labute approximate surface area is 136 Å². The van der Waals surface area contributed by atoms with E-state index < -0.39 is 0 Å². The molecule has 1 N–H and O–H groups in total. The predicted octanol–water partition coefficient (Wildman–Crippen LogP) is 5.29. The fraction of sp³-hybridized carbons (Fsp3) is 0.200. The third-order valence-electron chi connectivity index (χ3n) is 2.92. The minimum Gasteiger partial charge on any atom is -0.312 e. The predicted molar refractivity (Wildman–Crippen MR) is 88.1 cm³/mol. The summed E-state index contributed by atoms with van der Waals surface area (Å²) in [5.41, 5.74) is 0.786. The standard InChI is InChI=1S/C15H14BrClFNS/c1-19-14(11-8-10(18)6-7-13(11)17)9-20-15-5-3-2-4-12(15)16/h2-8,14,19H,9H2,1H3. The highest BCUT2D eigenvalue weighted by Crippen LogP contribution is 2.32. The van der Waals surface area contributed by atoms with Crippen molar-refractivity contribution in [1.29, 1.82) is 0 Å². The minimum atomic E-state index is -0.268. The van der Waals surface area contributed by atoms with E-state index in [2.05, 4.69) is 27.3 Å². The summed E-state index contributed by atoms with van der Waals surface area (Å²) in [6, 6.07) is 12.5. The molecule has 2 aromatic rings. The lowest BCUT2D eigenvalue weighted by Gasteiger charge is -2.18. The van der Waals surface area contributed by atoms with Gasteiger partial charge in [-0.05, 0) is 58.9 Å². The van der Waals surface area contributed by atoms with E-state index in [0.29, 0.717) is 5.02 Å². The van der Waals surface area contributed by atoms with Crippen LogP contribution < -0.4 is 5.32 Å². The van der Waals surface area contributed by atoms with Crippen molar-refractivity contribution in [1.82, 2.24) is 5.32 Å². The van der Waals surface area contributed by atoms with Gasteiger partial charge in [0.2, 0.25) is 0 Å². The van der Waals surface area contributed by atoms with Gasteiger partial charge < -0.3 is 5.32 Å². The summed E-state index contributed by atoms with van der Waals surface area (Å²) in [6.45, 7) is 0. The Morgan fingerprint density at radius 2 is 2.05 bits per heavy atom. The van der Waals surface area contributed by atoms with Crippen molar-refractivity contribution in [2.75, 3.05) is 12.8 Å². The molecule has 2 aromatic carbocycles. The fourth-order valence-corrected chi connectivity index (χ4v) is 3.80. The van der Waals surface area contributed by atoms with Gasteiger partial charge in [-0.3, -0.25) is 0 Å². The summed E-state index contributed by atoms with van der Waals surface area (Å²) in [6.07, 6.45) is 0. The largest absolute Gasteiger partial charge is 0.312 e. The zero-order valence-corrected chi connectivity index (χ0v) is 14.0. The number of benzene rings is 2. The molecular weight excluding hydrogens is 361 g/mol. The molecule has 0 spiro atoms. The molecule has 1 unspecified atom stereocenters. The van der Waals surface area contributed by atoms with E-state index in [-0.39, 0.29) is 11.9 Å². The molecule has 0 saturated heterocycles. The summed E-state index contributed by atoms with van der Waals surface area (Å²) in [5.74, 6) is 0.498. The summed E-state index contributed by atoms with van der Waals surface area (Å²) < 4.78 is 14.4. The van der Waals surface area contributed by atoms with Crippen molar-refractivity contribution in [3.8, 4) is 0 Å². The van der Waals surface area contributed by atoms with E-state index in [4.69, 9.17) is 11.6 Å². The SMILES string of the molecule is CNC(CSc1ccccc1Br)c1cc(F)ccc1Cl. The molecular formula is C15H14BrClFNS. The molecule has 1 atom stereocenters. The molecule has 0 aliphatic carbocycles. The molecule has 0 aromatic heterocycles. The van der Waals surface area contributed by atoms with Crippen LogP contribution in [-0.2, 0) is 0 Å². The van der Waals surface area contributed by atoms with Gasteiger partial charge in [-0.15, -0.1) is 11.8 Å². The maximum absolute atomic E-state index is 13.4. The first kappa shape index (κ1) is 15.8. The second kappa shape index (κ2) is 7.46. The number of halogens is 3. The van der Waals surface area contributed by atoms with Crippen molar-refractivity contribution < 1.29 is 4.39 Å². The normalized spacial score (nSPS) is 12.4. The Hall–Kier alpha value is -0.550. The van der Waals surface area contributed by atoms with Crippen LogP contribution in [0.5, 0.6) is 0 Å². The van der Waals surface area contributed by atoms with Crippen LogP contribution in [0.4, 0.5) is 4.39 Å². The van der Waals surface area contributed by atoms with Gasteiger partial charge in [0.1, 0.15) is 5.82 Å². The van der Waals surface area contributed by atoms with E-state index in [1.54, 1.807) is 17.8 Å². The number of thioether (sulfide) groups is 1. The first-order chi connectivity index (χ1) is 9.61. The second-order valence-corrected chi connectivity index (χ2v) is 6.57. The van der Waals surface area contributed by atoms with Crippen LogP contribution in [0.1, 0.15) is 11.6 Å². The number of hydrogen-bond donors (Lipinski definition) is 1. The molecule has 1 nitrogen and oxygen atoms in total. The molecule has 0 saturated carbocycles. The lowest BCUT2D eigenvalue weighted by molar-refractivity contribution is 0.611. The monoisotopic (exact) mass is 373 g/mol. The average Bonchev–Trinajstić information content (AvgIpc) is 2.45. The molecule has 106 valence electrons. The third kappa shape index (κ3) is 3.98. The fourth-order valence-electron chi connectivity index (χ4n) is 1.85. The van der Waals surface area contributed by atoms with E-state index in [1.165, 1.54) is 12.1 Å². The van der Waals surface area contributed by atoms with Crippen LogP contribution in [0.25, 0.3) is 0 Å². The summed E-state index contributed by atoms with van der Waals surface area (Å²) in [4.78, 5) is 1.15. The van der Waals surface area contributed by atoms with Gasteiger partial charge in [0.15, 0.2) is 0 Å². The quantitative estimate of drug-likeness (QED) is 0.713. The highest BCUT2D eigenvalue weighted by atomic mass is 79.9. The van der Waals surface area contributed by atoms with Crippen LogP contribution in [0.2, 0.25) is 5.02 Å². The molecule has 0 amide bonds. The Morgan fingerprint density at radius 1 is 1.30 bits per heavy atom. The van der Waals surface area contributed by atoms with E-state index in [0.717, 1.165) is 20.7 Å². The molecule has 20 heavy (non-hydrogen) atoms. The zero-order chi connectivity index (χ0) is 14.5. The number of hydrogen-bond acceptors (Lipinski definition) is 2. The summed E-state index contributed by atoms with van der Waals surface area (Å²) in [5, 5.41) is 3.77. The zero-order valence-electron chi connectivity index (χ0n) is 10.9. The highest BCUT2D eigenvalue weighted by Gasteiger charge is 2.15. The Balaban J connectivity index is 2.13. The molecule has 2 rings (SSSR count). The van der Waals surface area contributed by atoms with Crippen LogP contribution in [0.15, 0.2) is 51.8 Å². The topological polar surface area (TPSA) is 12.0 Å². The van der Waals surface area contributed by atoms with Gasteiger partial charge >= 0.3 is 0 Å². The molecule has 0 fully saturated rings. The minimum absolute atomic E-state index is 0.00435. The Morgan fingerprint density at radius 3 is 2.75 bits per heavy atom. The van der Waals surface area contributed by atoms with Crippen molar-refractivity contribution in [2.45, 2.75) is 10.9 Å². The molecule has 0 aliphatic rings. The van der Waals surface area contributed by atoms with Crippen molar-refractivity contribution >= 4 is 39.3 Å². The first-order valence-electron chi connectivity index (χ1n) is 6.11. The lowest BCUT2D eigenvalue weighted by Crippen LogP contribution is -2.19. The molecule has 5 heteroatoms. The maximum Gasteiger partial charge on any atom is 0.123 e. The van der Waals surface area contributed by atoms with E-state index in [9.17, 15) is 4.39 Å². The Bertz CT molecular complexity index is 594. The third-order valence-corrected chi connectivity index (χ3v) is 5.39. The van der Waals surface area contributed by atoms with Crippen molar-refractivity contribution in [3.05, 3.63) is 63.3 Å². The van der Waals surface area contributed by atoms with Gasteiger partial charge in [0.25, 0.3) is 0 Å². The van der Waals surface area contributed by atoms with E-state index >= 15 is 0 Å². The second-order valence-electron chi connectivity index (χ2n) is 4.25. The summed E-state index contributed by atoms with van der Waals surface area (Å²) in [7, 11) is 1.85. The van der Waals surface area contributed by atoms with Gasteiger partial charge in [0.05, 0.1) is 0 Å². The molecule has 0 radical (unpaired) electrons. The van der Waals surface area contributed by atoms with Crippen LogP contribution >= 0.6 is 39.3 Å². The van der Waals surface area contributed by atoms with Crippen LogP contribution in [0, 0.1) is 5.82 Å². The first-order valence-corrected chi connectivity index (χ1v) is 8.27. The maximum atomic E-state index is 13.4. The van der Waals surface area contributed by atoms with Crippen LogP contribution in [-0.4, -0.2) is 12.8 Å². The molecule has 0 bridgehead atoms. The van der Waals surface area contributed by atoms with Crippen molar-refractivity contribution in [2.24, 2.45) is 0 Å². The Kier molecular flexibility index (Phi) is 5.90. The smallest absolute Gasteiger partial charge is 0.123 e. The van der Waals surface area contributed by atoms with Crippen LogP contribution in [0.3, 0.4) is 0 Å². The van der Waals surface area contributed by atoms with Gasteiger partial charge in [0, 0.05) is 26.2 Å². The van der Waals surface area contributed by atoms with Crippen molar-refractivity contribution in [3.63, 3.8) is 0 Å². The lowest BCUT2D eigenvalue weighted by atomic mass is 10.1. The summed E-state index contributed by atoms with van der Waals surface area (Å²) >= 11 is 11.4.